The molecular weight excluding hydrogens is 503 g/mol. The lowest BCUT2D eigenvalue weighted by atomic mass is 9.92. The second-order valence-electron chi connectivity index (χ2n) is 8.25. The lowest BCUT2D eigenvalue weighted by Gasteiger charge is -2.32. The van der Waals surface area contributed by atoms with Gasteiger partial charge in [-0.1, -0.05) is 49.4 Å². The molecule has 0 amide bonds. The molecule has 3 aromatic carbocycles. The molecule has 3 nitrogen and oxygen atoms in total. The standard InChI is InChI=1S/C19H20F3NO.C8H6F4O/c1-2-11-23-12-5-9-17-16(8-4-10-18(17)23)14-6-3-7-15(13-14)24-19(20,21)22;9-7(10)8(11,12)13-6-4-2-1-3-5-6/h3-4,6-8,10,13H,2,5,9,11-12H2,1H3;1-5,7H. The van der Waals surface area contributed by atoms with Crippen LogP contribution in [0.25, 0.3) is 11.1 Å². The van der Waals surface area contributed by atoms with Gasteiger partial charge < -0.3 is 14.4 Å². The number of fused-ring (bicyclic) bond motifs is 1. The zero-order valence-electron chi connectivity index (χ0n) is 20.0. The average Bonchev–Trinajstić information content (AvgIpc) is 2.84. The van der Waals surface area contributed by atoms with E-state index >= 15 is 0 Å². The average molecular weight is 529 g/mol. The van der Waals surface area contributed by atoms with Crippen LogP contribution in [-0.2, 0) is 6.42 Å². The van der Waals surface area contributed by atoms with Gasteiger partial charge in [0.15, 0.2) is 0 Å². The number of nitrogens with zero attached hydrogens (tertiary/aromatic N) is 1. The fourth-order valence-corrected chi connectivity index (χ4v) is 4.02. The number of hydrogen-bond acceptors (Lipinski definition) is 3. The van der Waals surface area contributed by atoms with Crippen LogP contribution >= 0.6 is 0 Å². The molecule has 0 aliphatic carbocycles. The first-order valence-corrected chi connectivity index (χ1v) is 11.6. The van der Waals surface area contributed by atoms with E-state index in [0.717, 1.165) is 43.5 Å². The predicted molar refractivity (Wildman–Crippen MR) is 127 cm³/mol. The van der Waals surface area contributed by atoms with Crippen LogP contribution in [-0.4, -0.2) is 32.0 Å². The van der Waals surface area contributed by atoms with Crippen molar-refractivity contribution in [3.63, 3.8) is 0 Å². The third-order valence-corrected chi connectivity index (χ3v) is 5.47. The van der Waals surface area contributed by atoms with Gasteiger partial charge in [-0.3, -0.25) is 0 Å². The van der Waals surface area contributed by atoms with Crippen LogP contribution < -0.4 is 14.4 Å². The second kappa shape index (κ2) is 12.2. The Hall–Kier alpha value is -3.43. The number of rotatable bonds is 7. The number of alkyl halides is 7. The van der Waals surface area contributed by atoms with Crippen molar-refractivity contribution >= 4 is 5.69 Å². The van der Waals surface area contributed by atoms with E-state index in [1.165, 1.54) is 47.6 Å². The summed E-state index contributed by atoms with van der Waals surface area (Å²) >= 11 is 0. The van der Waals surface area contributed by atoms with Gasteiger partial charge in [0.25, 0.3) is 0 Å². The highest BCUT2D eigenvalue weighted by Gasteiger charge is 2.43. The summed E-state index contributed by atoms with van der Waals surface area (Å²) in [5.74, 6) is -0.466. The molecular formula is C27H26F7NO2. The molecule has 0 N–H and O–H groups in total. The van der Waals surface area contributed by atoms with E-state index in [0.29, 0.717) is 0 Å². The lowest BCUT2D eigenvalue weighted by Crippen LogP contribution is -2.33. The monoisotopic (exact) mass is 529 g/mol. The van der Waals surface area contributed by atoms with Crippen LogP contribution in [0.1, 0.15) is 25.3 Å². The molecule has 0 aromatic heterocycles. The molecule has 0 bridgehead atoms. The van der Waals surface area contributed by atoms with E-state index in [2.05, 4.69) is 27.4 Å². The predicted octanol–water partition coefficient (Wildman–Crippen LogP) is 8.34. The molecule has 0 saturated heterocycles. The van der Waals surface area contributed by atoms with E-state index in [1.807, 2.05) is 18.2 Å². The third-order valence-electron chi connectivity index (χ3n) is 5.47. The molecule has 0 atom stereocenters. The SMILES string of the molecule is CCCN1CCCc2c(-c3cccc(OC(F)(F)F)c3)cccc21.FC(F)C(F)(F)Oc1ccccc1. The van der Waals surface area contributed by atoms with Crippen LogP contribution in [0.4, 0.5) is 36.4 Å². The van der Waals surface area contributed by atoms with Crippen molar-refractivity contribution in [2.45, 2.75) is 45.1 Å². The number of halogens is 7. The van der Waals surface area contributed by atoms with Crippen LogP contribution in [0.15, 0.2) is 72.8 Å². The molecule has 1 heterocycles. The quantitative estimate of drug-likeness (QED) is 0.287. The maximum Gasteiger partial charge on any atom is 0.573 e. The molecule has 1 aliphatic heterocycles. The van der Waals surface area contributed by atoms with Crippen LogP contribution in [0.5, 0.6) is 11.5 Å². The minimum Gasteiger partial charge on any atom is -0.428 e. The van der Waals surface area contributed by atoms with Crippen molar-refractivity contribution in [1.29, 1.82) is 0 Å². The number of anilines is 1. The summed E-state index contributed by atoms with van der Waals surface area (Å²) in [7, 11) is 0. The first-order valence-electron chi connectivity index (χ1n) is 11.6. The Kier molecular flexibility index (Phi) is 9.29. The number of benzene rings is 3. The summed E-state index contributed by atoms with van der Waals surface area (Å²) in [6.45, 7) is 4.17. The van der Waals surface area contributed by atoms with Crippen molar-refractivity contribution < 1.29 is 40.2 Å². The van der Waals surface area contributed by atoms with Gasteiger partial charge in [0.05, 0.1) is 0 Å². The highest BCUT2D eigenvalue weighted by Crippen LogP contribution is 2.37. The van der Waals surface area contributed by atoms with Crippen LogP contribution in [0, 0.1) is 0 Å². The van der Waals surface area contributed by atoms with Gasteiger partial charge in [-0.2, -0.15) is 17.6 Å². The summed E-state index contributed by atoms with van der Waals surface area (Å²) < 4.78 is 93.0. The summed E-state index contributed by atoms with van der Waals surface area (Å²) in [4.78, 5) is 2.36. The second-order valence-corrected chi connectivity index (χ2v) is 8.25. The Balaban J connectivity index is 0.000000248. The molecule has 0 fully saturated rings. The van der Waals surface area contributed by atoms with Crippen molar-refractivity contribution in [3.8, 4) is 22.6 Å². The summed E-state index contributed by atoms with van der Waals surface area (Å²) in [6, 6.07) is 19.0. The highest BCUT2D eigenvalue weighted by molar-refractivity contribution is 5.76. The van der Waals surface area contributed by atoms with Gasteiger partial charge in [0.2, 0.25) is 0 Å². The van der Waals surface area contributed by atoms with E-state index < -0.39 is 18.9 Å². The zero-order chi connectivity index (χ0) is 27.1. The van der Waals surface area contributed by atoms with Crippen molar-refractivity contribution in [3.05, 3.63) is 78.4 Å². The Labute approximate surface area is 210 Å². The minimum absolute atomic E-state index is 0.182. The Morgan fingerprint density at radius 1 is 0.838 bits per heavy atom. The van der Waals surface area contributed by atoms with E-state index in [4.69, 9.17) is 0 Å². The highest BCUT2D eigenvalue weighted by atomic mass is 19.4. The van der Waals surface area contributed by atoms with E-state index in [-0.39, 0.29) is 11.5 Å². The molecule has 3 aromatic rings. The van der Waals surface area contributed by atoms with Gasteiger partial charge in [-0.05, 0) is 66.3 Å². The Morgan fingerprint density at radius 3 is 2.16 bits per heavy atom. The van der Waals surface area contributed by atoms with Crippen molar-refractivity contribution in [1.82, 2.24) is 0 Å². The normalized spacial score (nSPS) is 13.5. The molecule has 4 rings (SSSR count). The van der Waals surface area contributed by atoms with E-state index in [9.17, 15) is 30.7 Å². The fraction of sp³-hybridized carbons (Fsp3) is 0.333. The van der Waals surface area contributed by atoms with Gasteiger partial charge in [0.1, 0.15) is 11.5 Å². The molecule has 0 radical (unpaired) electrons. The molecule has 10 heteroatoms. The Bertz CT molecular complexity index is 1140. The molecule has 1 aliphatic rings. The number of hydrogen-bond donors (Lipinski definition) is 0. The van der Waals surface area contributed by atoms with Crippen molar-refractivity contribution in [2.24, 2.45) is 0 Å². The first-order chi connectivity index (χ1) is 17.5. The van der Waals surface area contributed by atoms with Crippen LogP contribution in [0.2, 0.25) is 0 Å². The Morgan fingerprint density at radius 2 is 1.51 bits per heavy atom. The molecule has 37 heavy (non-hydrogen) atoms. The van der Waals surface area contributed by atoms with Gasteiger partial charge in [0, 0.05) is 18.8 Å². The minimum atomic E-state index is -4.67. The van der Waals surface area contributed by atoms with Gasteiger partial charge in [-0.15, -0.1) is 13.2 Å². The molecule has 0 spiro atoms. The van der Waals surface area contributed by atoms with Crippen molar-refractivity contribution in [2.75, 3.05) is 18.0 Å². The fourth-order valence-electron chi connectivity index (χ4n) is 4.02. The van der Waals surface area contributed by atoms with Gasteiger partial charge >= 0.3 is 18.9 Å². The van der Waals surface area contributed by atoms with Gasteiger partial charge in [-0.25, -0.2) is 0 Å². The number of ether oxygens (including phenoxy) is 2. The first kappa shape index (κ1) is 28.1. The molecule has 200 valence electrons. The molecule has 0 unspecified atom stereocenters. The van der Waals surface area contributed by atoms with Crippen LogP contribution in [0.3, 0.4) is 0 Å². The lowest BCUT2D eigenvalue weighted by molar-refractivity contribution is -0.274. The summed E-state index contributed by atoms with van der Waals surface area (Å²) in [6.07, 6.45) is -9.86. The maximum atomic E-state index is 12.5. The topological polar surface area (TPSA) is 21.7 Å². The van der Waals surface area contributed by atoms with E-state index in [1.54, 1.807) is 12.1 Å². The smallest absolute Gasteiger partial charge is 0.428 e. The number of para-hydroxylation sites is 1. The zero-order valence-corrected chi connectivity index (χ0v) is 20.0. The summed E-state index contributed by atoms with van der Waals surface area (Å²) in [5.41, 5.74) is 4.15. The third kappa shape index (κ3) is 8.03. The summed E-state index contributed by atoms with van der Waals surface area (Å²) in [5, 5.41) is 0. The largest absolute Gasteiger partial charge is 0.573 e. The maximum absolute atomic E-state index is 12.5. The molecule has 0 saturated carbocycles.